The molecule has 1 heterocycles. The summed E-state index contributed by atoms with van der Waals surface area (Å²) in [5.74, 6) is -0.371. The number of rotatable bonds is 2. The predicted octanol–water partition coefficient (Wildman–Crippen LogP) is 2.04. The molecule has 24 heavy (non-hydrogen) atoms. The van der Waals surface area contributed by atoms with Crippen LogP contribution >= 0.6 is 11.6 Å². The third-order valence-electron chi connectivity index (χ3n) is 5.99. The maximum atomic E-state index is 12.8. The molecule has 5 nitrogen and oxygen atoms in total. The van der Waals surface area contributed by atoms with Crippen LogP contribution in [0.5, 0.6) is 0 Å². The second kappa shape index (κ2) is 4.70. The fraction of sp³-hybridized carbons (Fsp3) is 0.389. The van der Waals surface area contributed by atoms with Crippen LogP contribution in [0, 0.1) is 35.5 Å². The highest BCUT2D eigenvalue weighted by Crippen LogP contribution is 2.65. The van der Waals surface area contributed by atoms with E-state index in [4.69, 9.17) is 11.6 Å². The van der Waals surface area contributed by atoms with Gasteiger partial charge in [0.25, 0.3) is 17.7 Å². The minimum atomic E-state index is -0.536. The summed E-state index contributed by atoms with van der Waals surface area (Å²) in [6.07, 6.45) is 5.32. The first-order valence-electron chi connectivity index (χ1n) is 8.19. The van der Waals surface area contributed by atoms with Gasteiger partial charge in [-0.05, 0) is 42.2 Å². The van der Waals surface area contributed by atoms with Crippen molar-refractivity contribution in [2.24, 2.45) is 35.5 Å². The normalized spacial score (nSPS) is 38.1. The summed E-state index contributed by atoms with van der Waals surface area (Å²) in [5.41, 5.74) is 2.72. The van der Waals surface area contributed by atoms with Crippen LogP contribution in [0.4, 0.5) is 0 Å². The minimum Gasteiger partial charge on any atom is -0.272 e. The quantitative estimate of drug-likeness (QED) is 0.660. The molecule has 2 saturated carbocycles. The Morgan fingerprint density at radius 1 is 1.04 bits per heavy atom. The van der Waals surface area contributed by atoms with E-state index >= 15 is 0 Å². The third kappa shape index (κ3) is 1.73. The first-order chi connectivity index (χ1) is 11.6. The first kappa shape index (κ1) is 14.2. The van der Waals surface area contributed by atoms with E-state index in [2.05, 4.69) is 17.6 Å². The second-order valence-corrected chi connectivity index (χ2v) is 7.49. The predicted molar refractivity (Wildman–Crippen MR) is 85.5 cm³/mol. The van der Waals surface area contributed by atoms with Crippen LogP contribution < -0.4 is 5.43 Å². The molecule has 3 fully saturated rings. The number of amides is 3. The molecule has 2 bridgehead atoms. The van der Waals surface area contributed by atoms with Crippen molar-refractivity contribution in [1.29, 1.82) is 0 Å². The zero-order chi connectivity index (χ0) is 16.6. The minimum absolute atomic E-state index is 0.142. The van der Waals surface area contributed by atoms with Gasteiger partial charge in [0.05, 0.1) is 22.4 Å². The van der Waals surface area contributed by atoms with Gasteiger partial charge in [0.1, 0.15) is 0 Å². The Morgan fingerprint density at radius 2 is 1.62 bits per heavy atom. The lowest BCUT2D eigenvalue weighted by atomic mass is 9.63. The zero-order valence-electron chi connectivity index (χ0n) is 12.7. The Labute approximate surface area is 143 Å². The highest BCUT2D eigenvalue weighted by Gasteiger charge is 2.67. The Balaban J connectivity index is 1.43. The largest absolute Gasteiger partial charge is 0.272 e. The van der Waals surface area contributed by atoms with Gasteiger partial charge in [0.15, 0.2) is 0 Å². The molecule has 6 rings (SSSR count). The number of halogens is 1. The molecule has 1 N–H and O–H groups in total. The number of imide groups is 1. The Bertz CT molecular complexity index is 784. The maximum absolute atomic E-state index is 12.8. The second-order valence-electron chi connectivity index (χ2n) is 7.09. The highest BCUT2D eigenvalue weighted by molar-refractivity contribution is 6.33. The van der Waals surface area contributed by atoms with Crippen molar-refractivity contribution < 1.29 is 14.4 Å². The highest BCUT2D eigenvalue weighted by atomic mass is 35.5. The molecule has 122 valence electrons. The van der Waals surface area contributed by atoms with Crippen LogP contribution in [0.15, 0.2) is 36.4 Å². The van der Waals surface area contributed by atoms with E-state index < -0.39 is 5.91 Å². The number of benzene rings is 1. The topological polar surface area (TPSA) is 66.5 Å². The van der Waals surface area contributed by atoms with Gasteiger partial charge in [-0.25, -0.2) is 0 Å². The fourth-order valence-corrected chi connectivity index (χ4v) is 5.10. The molecule has 0 radical (unpaired) electrons. The molecule has 3 amide bonds. The Morgan fingerprint density at radius 3 is 2.21 bits per heavy atom. The van der Waals surface area contributed by atoms with Crippen molar-refractivity contribution in [3.63, 3.8) is 0 Å². The summed E-state index contributed by atoms with van der Waals surface area (Å²) >= 11 is 6.02. The molecule has 1 aromatic carbocycles. The third-order valence-corrected chi connectivity index (χ3v) is 6.32. The van der Waals surface area contributed by atoms with Gasteiger partial charge in [-0.15, -0.1) is 0 Å². The van der Waals surface area contributed by atoms with Gasteiger partial charge in [-0.3, -0.25) is 19.8 Å². The van der Waals surface area contributed by atoms with Crippen LogP contribution in [-0.4, -0.2) is 22.7 Å². The molecule has 4 aliphatic carbocycles. The number of carbonyl (C=O) groups is 3. The van der Waals surface area contributed by atoms with E-state index in [0.29, 0.717) is 11.8 Å². The lowest BCUT2D eigenvalue weighted by molar-refractivity contribution is -0.143. The van der Waals surface area contributed by atoms with Gasteiger partial charge >= 0.3 is 0 Å². The average Bonchev–Trinajstić information content (AvgIpc) is 3.36. The lowest BCUT2D eigenvalue weighted by Crippen LogP contribution is -2.47. The van der Waals surface area contributed by atoms with Gasteiger partial charge in [-0.1, -0.05) is 35.9 Å². The van der Waals surface area contributed by atoms with E-state index in [9.17, 15) is 14.4 Å². The SMILES string of the molecule is O=C(NN1C(=O)[C@@H]2C3C=CC(C4CC43)[C@@H]2C1=O)c1ccccc1Cl. The first-order valence-corrected chi connectivity index (χ1v) is 8.57. The van der Waals surface area contributed by atoms with E-state index in [1.165, 1.54) is 0 Å². The molecule has 0 aromatic heterocycles. The molecular formula is C18H15ClN2O3. The summed E-state index contributed by atoms with van der Waals surface area (Å²) in [6, 6.07) is 6.57. The van der Waals surface area contributed by atoms with E-state index in [-0.39, 0.29) is 46.1 Å². The van der Waals surface area contributed by atoms with Crippen molar-refractivity contribution in [3.8, 4) is 0 Å². The molecule has 4 unspecified atom stereocenters. The number of nitrogens with zero attached hydrogens (tertiary/aromatic N) is 1. The molecule has 6 atom stereocenters. The maximum Gasteiger partial charge on any atom is 0.271 e. The van der Waals surface area contributed by atoms with E-state index in [1.807, 2.05) is 0 Å². The van der Waals surface area contributed by atoms with Crippen LogP contribution in [0.2, 0.25) is 5.02 Å². The number of allylic oxidation sites excluding steroid dienone is 2. The summed E-state index contributed by atoms with van der Waals surface area (Å²) in [5, 5.41) is 1.22. The van der Waals surface area contributed by atoms with E-state index in [0.717, 1.165) is 11.4 Å². The monoisotopic (exact) mass is 342 g/mol. The average molecular weight is 343 g/mol. The van der Waals surface area contributed by atoms with Crippen molar-refractivity contribution >= 4 is 29.3 Å². The molecular weight excluding hydrogens is 328 g/mol. The van der Waals surface area contributed by atoms with Crippen LogP contribution in [0.1, 0.15) is 16.8 Å². The van der Waals surface area contributed by atoms with Crippen LogP contribution in [-0.2, 0) is 9.59 Å². The summed E-state index contributed by atoms with van der Waals surface area (Å²) in [7, 11) is 0. The molecule has 1 aromatic rings. The standard InChI is InChI=1S/C18H15ClN2O3/c19-13-4-2-1-3-10(13)16(22)20-21-17(23)14-8-5-6-9(12-7-11(8)12)15(14)18(21)24/h1-6,8-9,11-12,14-15H,7H2,(H,20,22)/t8?,9?,11?,12?,14-,15+. The van der Waals surface area contributed by atoms with Gasteiger partial charge in [0.2, 0.25) is 0 Å². The number of hydrogen-bond acceptors (Lipinski definition) is 3. The number of hydrogen-bond donors (Lipinski definition) is 1. The summed E-state index contributed by atoms with van der Waals surface area (Å²) in [4.78, 5) is 38.0. The smallest absolute Gasteiger partial charge is 0.271 e. The zero-order valence-corrected chi connectivity index (χ0v) is 13.4. The molecule has 0 spiro atoms. The van der Waals surface area contributed by atoms with Gasteiger partial charge in [-0.2, -0.15) is 5.01 Å². The fourth-order valence-electron chi connectivity index (χ4n) is 4.87. The van der Waals surface area contributed by atoms with Gasteiger partial charge < -0.3 is 0 Å². The van der Waals surface area contributed by atoms with E-state index in [1.54, 1.807) is 24.3 Å². The molecule has 1 saturated heterocycles. The van der Waals surface area contributed by atoms with Gasteiger partial charge in [0, 0.05) is 0 Å². The van der Waals surface area contributed by atoms with Crippen molar-refractivity contribution in [2.45, 2.75) is 6.42 Å². The molecule has 6 heteroatoms. The Kier molecular flexibility index (Phi) is 2.78. The van der Waals surface area contributed by atoms with Crippen molar-refractivity contribution in [2.75, 3.05) is 0 Å². The Hall–Kier alpha value is -2.14. The summed E-state index contributed by atoms with van der Waals surface area (Å²) in [6.45, 7) is 0. The van der Waals surface area contributed by atoms with Crippen molar-refractivity contribution in [3.05, 3.63) is 47.0 Å². The number of carbonyl (C=O) groups excluding carboxylic acids is 3. The summed E-state index contributed by atoms with van der Waals surface area (Å²) < 4.78 is 0. The lowest BCUT2D eigenvalue weighted by Gasteiger charge is -2.37. The number of nitrogens with one attached hydrogen (secondary N) is 1. The molecule has 1 aliphatic heterocycles. The van der Waals surface area contributed by atoms with Crippen molar-refractivity contribution in [1.82, 2.24) is 10.4 Å². The van der Waals surface area contributed by atoms with Crippen LogP contribution in [0.3, 0.4) is 0 Å². The molecule has 5 aliphatic rings. The number of hydrazine groups is 1. The van der Waals surface area contributed by atoms with Crippen LogP contribution in [0.25, 0.3) is 0 Å².